The van der Waals surface area contributed by atoms with Crippen LogP contribution in [0.4, 0.5) is 5.00 Å². The first-order valence-electron chi connectivity index (χ1n) is 10.7. The first kappa shape index (κ1) is 22.5. The Kier molecular flexibility index (Phi) is 7.04. The Bertz CT molecular complexity index is 1170. The van der Waals surface area contributed by atoms with Crippen molar-refractivity contribution in [3.8, 4) is 5.75 Å². The Balaban J connectivity index is 1.38. The van der Waals surface area contributed by atoms with Crippen LogP contribution in [0.25, 0.3) is 0 Å². The van der Waals surface area contributed by atoms with E-state index >= 15 is 0 Å². The Morgan fingerprint density at radius 2 is 1.70 bits per heavy atom. The van der Waals surface area contributed by atoms with Gasteiger partial charge >= 0.3 is 5.97 Å². The van der Waals surface area contributed by atoms with E-state index in [2.05, 4.69) is 5.32 Å². The van der Waals surface area contributed by atoms with Crippen molar-refractivity contribution in [1.82, 2.24) is 0 Å². The lowest BCUT2D eigenvalue weighted by Crippen LogP contribution is -2.23. The largest absolute Gasteiger partial charge is 0.488 e. The summed E-state index contributed by atoms with van der Waals surface area (Å²) in [6, 6.07) is 16.3. The molecule has 170 valence electrons. The molecule has 0 atom stereocenters. The molecule has 33 heavy (non-hydrogen) atoms. The summed E-state index contributed by atoms with van der Waals surface area (Å²) in [5.74, 6) is -1.40. The maximum absolute atomic E-state index is 12.6. The number of ether oxygens (including phenoxy) is 2. The van der Waals surface area contributed by atoms with Gasteiger partial charge in [-0.05, 0) is 48.9 Å². The van der Waals surface area contributed by atoms with Crippen molar-refractivity contribution in [2.24, 2.45) is 5.73 Å². The highest BCUT2D eigenvalue weighted by Gasteiger charge is 2.25. The lowest BCUT2D eigenvalue weighted by molar-refractivity contribution is -0.119. The maximum atomic E-state index is 12.6. The van der Waals surface area contributed by atoms with Crippen LogP contribution >= 0.6 is 11.3 Å². The molecule has 4 rings (SSSR count). The number of primary amides is 1. The van der Waals surface area contributed by atoms with Gasteiger partial charge in [-0.2, -0.15) is 0 Å². The van der Waals surface area contributed by atoms with Crippen LogP contribution in [0.2, 0.25) is 0 Å². The lowest BCUT2D eigenvalue weighted by Gasteiger charge is -2.12. The average molecular weight is 465 g/mol. The van der Waals surface area contributed by atoms with Crippen molar-refractivity contribution in [3.63, 3.8) is 0 Å². The minimum atomic E-state index is -0.672. The van der Waals surface area contributed by atoms with Gasteiger partial charge in [0.25, 0.3) is 11.8 Å². The molecule has 0 saturated carbocycles. The van der Waals surface area contributed by atoms with Crippen LogP contribution < -0.4 is 15.8 Å². The molecule has 0 bridgehead atoms. The predicted octanol–water partition coefficient (Wildman–Crippen LogP) is 4.10. The zero-order valence-corrected chi connectivity index (χ0v) is 18.8. The number of hydrogen-bond donors (Lipinski definition) is 2. The third kappa shape index (κ3) is 5.40. The van der Waals surface area contributed by atoms with Gasteiger partial charge in [0.15, 0.2) is 6.61 Å². The molecule has 0 spiro atoms. The summed E-state index contributed by atoms with van der Waals surface area (Å²) in [4.78, 5) is 38.1. The van der Waals surface area contributed by atoms with Gasteiger partial charge in [0.1, 0.15) is 22.9 Å². The zero-order valence-electron chi connectivity index (χ0n) is 18.0. The minimum absolute atomic E-state index is 0.227. The fraction of sp³-hybridized carbons (Fsp3) is 0.240. The molecule has 3 N–H and O–H groups in total. The van der Waals surface area contributed by atoms with Crippen LogP contribution in [0.1, 0.15) is 49.6 Å². The fourth-order valence-corrected chi connectivity index (χ4v) is 5.09. The van der Waals surface area contributed by atoms with Crippen LogP contribution in [-0.2, 0) is 29.0 Å². The van der Waals surface area contributed by atoms with E-state index in [1.807, 2.05) is 30.3 Å². The number of carbonyl (C=O) groups is 3. The summed E-state index contributed by atoms with van der Waals surface area (Å²) in [5.41, 5.74) is 8.05. The van der Waals surface area contributed by atoms with Crippen LogP contribution in [0.3, 0.4) is 0 Å². The minimum Gasteiger partial charge on any atom is -0.488 e. The molecule has 1 aromatic heterocycles. The van der Waals surface area contributed by atoms with E-state index in [1.54, 1.807) is 24.3 Å². The highest BCUT2D eigenvalue weighted by molar-refractivity contribution is 7.17. The fourth-order valence-electron chi connectivity index (χ4n) is 3.78. The summed E-state index contributed by atoms with van der Waals surface area (Å²) in [7, 11) is 0. The van der Waals surface area contributed by atoms with E-state index < -0.39 is 24.4 Å². The molecule has 2 amide bonds. The number of aryl methyl sites for hydroxylation is 1. The summed E-state index contributed by atoms with van der Waals surface area (Å²) < 4.78 is 11.0. The molecule has 0 fully saturated rings. The highest BCUT2D eigenvalue weighted by Crippen LogP contribution is 2.37. The van der Waals surface area contributed by atoms with Gasteiger partial charge in [-0.1, -0.05) is 42.5 Å². The summed E-state index contributed by atoms with van der Waals surface area (Å²) in [6.45, 7) is -0.197. The van der Waals surface area contributed by atoms with Gasteiger partial charge in [0.05, 0.1) is 5.56 Å². The third-order valence-corrected chi connectivity index (χ3v) is 6.56. The van der Waals surface area contributed by atoms with Gasteiger partial charge in [0, 0.05) is 4.88 Å². The molecule has 0 aliphatic heterocycles. The number of anilines is 1. The number of carbonyl (C=O) groups excluding carboxylic acids is 3. The smallest absolute Gasteiger partial charge is 0.342 e. The standard InChI is InChI=1S/C25H24N2O5S/c26-23(29)22-18-11-5-7-13-20(18)33-24(22)27-21(28)15-32-25(30)17-10-4-6-12-19(17)31-14-16-8-2-1-3-9-16/h1-4,6,8-10,12H,5,7,11,13-15H2,(H2,26,29)(H,27,28). The van der Waals surface area contributed by atoms with E-state index in [4.69, 9.17) is 15.2 Å². The van der Waals surface area contributed by atoms with Crippen LogP contribution in [0.15, 0.2) is 54.6 Å². The number of benzene rings is 2. The van der Waals surface area contributed by atoms with Gasteiger partial charge < -0.3 is 20.5 Å². The van der Waals surface area contributed by atoms with Crippen molar-refractivity contribution in [3.05, 3.63) is 81.7 Å². The number of amides is 2. The molecule has 0 radical (unpaired) electrons. The number of fused-ring (bicyclic) bond motifs is 1. The van der Waals surface area contributed by atoms with Crippen LogP contribution in [-0.4, -0.2) is 24.4 Å². The second-order valence-electron chi connectivity index (χ2n) is 7.67. The number of nitrogens with two attached hydrogens (primary N) is 1. The molecule has 2 aromatic carbocycles. The molecule has 1 aliphatic carbocycles. The number of para-hydroxylation sites is 1. The van der Waals surface area contributed by atoms with E-state index in [1.165, 1.54) is 11.3 Å². The first-order valence-corrected chi connectivity index (χ1v) is 11.5. The molecule has 0 saturated heterocycles. The summed E-state index contributed by atoms with van der Waals surface area (Å²) in [5, 5.41) is 3.11. The van der Waals surface area contributed by atoms with Crippen molar-refractivity contribution in [2.45, 2.75) is 32.3 Å². The van der Waals surface area contributed by atoms with Crippen molar-refractivity contribution in [2.75, 3.05) is 11.9 Å². The van der Waals surface area contributed by atoms with E-state index in [-0.39, 0.29) is 5.56 Å². The number of nitrogens with one attached hydrogen (secondary N) is 1. The Morgan fingerprint density at radius 1 is 0.970 bits per heavy atom. The zero-order chi connectivity index (χ0) is 23.2. The van der Waals surface area contributed by atoms with Crippen LogP contribution in [0.5, 0.6) is 5.75 Å². The first-order chi connectivity index (χ1) is 16.0. The van der Waals surface area contributed by atoms with E-state index in [0.717, 1.165) is 41.7 Å². The normalized spacial score (nSPS) is 12.5. The van der Waals surface area contributed by atoms with E-state index in [9.17, 15) is 14.4 Å². The van der Waals surface area contributed by atoms with Crippen LogP contribution in [0, 0.1) is 0 Å². The Morgan fingerprint density at radius 3 is 2.48 bits per heavy atom. The van der Waals surface area contributed by atoms with E-state index in [0.29, 0.717) is 22.9 Å². The number of thiophene rings is 1. The molecule has 0 unspecified atom stereocenters. The second-order valence-corrected chi connectivity index (χ2v) is 8.78. The molecule has 1 heterocycles. The number of esters is 1. The lowest BCUT2D eigenvalue weighted by atomic mass is 9.95. The summed E-state index contributed by atoms with van der Waals surface area (Å²) >= 11 is 1.36. The molecular formula is C25H24N2O5S. The van der Waals surface area contributed by atoms with Crippen molar-refractivity contribution < 1.29 is 23.9 Å². The molecule has 1 aliphatic rings. The molecule has 8 heteroatoms. The topological polar surface area (TPSA) is 108 Å². The Hall–Kier alpha value is -3.65. The average Bonchev–Trinajstić information content (AvgIpc) is 3.20. The quantitative estimate of drug-likeness (QED) is 0.488. The summed E-state index contributed by atoms with van der Waals surface area (Å²) in [6.07, 6.45) is 3.67. The van der Waals surface area contributed by atoms with Gasteiger partial charge in [-0.25, -0.2) is 4.79 Å². The third-order valence-electron chi connectivity index (χ3n) is 5.35. The van der Waals surface area contributed by atoms with Crippen molar-refractivity contribution in [1.29, 1.82) is 0 Å². The highest BCUT2D eigenvalue weighted by atomic mass is 32.1. The number of rotatable bonds is 8. The monoisotopic (exact) mass is 464 g/mol. The van der Waals surface area contributed by atoms with Crippen molar-refractivity contribution >= 4 is 34.1 Å². The van der Waals surface area contributed by atoms with Gasteiger partial charge in [-0.3, -0.25) is 9.59 Å². The van der Waals surface area contributed by atoms with Gasteiger partial charge in [0.2, 0.25) is 0 Å². The second kappa shape index (κ2) is 10.3. The Labute approximate surface area is 195 Å². The SMILES string of the molecule is NC(=O)c1c(NC(=O)COC(=O)c2ccccc2OCc2ccccc2)sc2c1CCCC2. The molecular weight excluding hydrogens is 440 g/mol. The predicted molar refractivity (Wildman–Crippen MR) is 126 cm³/mol. The molecule has 7 nitrogen and oxygen atoms in total. The maximum Gasteiger partial charge on any atom is 0.342 e. The van der Waals surface area contributed by atoms with Gasteiger partial charge in [-0.15, -0.1) is 11.3 Å². The number of hydrogen-bond acceptors (Lipinski definition) is 6. The molecule has 3 aromatic rings.